The molecule has 128 valence electrons. The minimum Gasteiger partial charge on any atom is -0.497 e. The van der Waals surface area contributed by atoms with Crippen LogP contribution in [0, 0.1) is 0 Å². The summed E-state index contributed by atoms with van der Waals surface area (Å²) in [6, 6.07) is 17.3. The molecule has 25 heavy (non-hydrogen) atoms. The second-order valence-electron chi connectivity index (χ2n) is 5.92. The van der Waals surface area contributed by atoms with Crippen LogP contribution < -0.4 is 4.74 Å². The highest BCUT2D eigenvalue weighted by atomic mass is 16.5. The Morgan fingerprint density at radius 2 is 1.92 bits per heavy atom. The fourth-order valence-corrected chi connectivity index (χ4v) is 2.67. The first-order valence-electron chi connectivity index (χ1n) is 8.10. The third kappa shape index (κ3) is 4.26. The minimum atomic E-state index is -0.0466. The van der Waals surface area contributed by atoms with Crippen molar-refractivity contribution >= 4 is 5.91 Å². The Bertz CT molecular complexity index is 843. The van der Waals surface area contributed by atoms with Crippen LogP contribution in [-0.2, 0) is 13.1 Å². The zero-order valence-corrected chi connectivity index (χ0v) is 14.4. The number of hydrogen-bond donors (Lipinski definition) is 0. The van der Waals surface area contributed by atoms with Gasteiger partial charge in [-0.15, -0.1) is 0 Å². The fraction of sp³-hybridized carbons (Fsp3) is 0.200. The SMILES string of the molecule is COc1cccc(C(=O)N(C)Cc2cnn(Cc3ccccc3)c2)c1. The fourth-order valence-electron chi connectivity index (χ4n) is 2.67. The third-order valence-corrected chi connectivity index (χ3v) is 3.96. The molecule has 0 saturated carbocycles. The number of carbonyl (C=O) groups excluding carboxylic acids is 1. The van der Waals surface area contributed by atoms with Crippen LogP contribution in [0.3, 0.4) is 0 Å². The number of hydrogen-bond acceptors (Lipinski definition) is 3. The highest BCUT2D eigenvalue weighted by molar-refractivity contribution is 5.94. The van der Waals surface area contributed by atoms with Gasteiger partial charge in [-0.1, -0.05) is 36.4 Å². The quantitative estimate of drug-likeness (QED) is 0.695. The molecule has 0 spiro atoms. The zero-order chi connectivity index (χ0) is 17.6. The van der Waals surface area contributed by atoms with Crippen molar-refractivity contribution in [1.29, 1.82) is 0 Å². The van der Waals surface area contributed by atoms with Crippen molar-refractivity contribution in [3.63, 3.8) is 0 Å². The summed E-state index contributed by atoms with van der Waals surface area (Å²) < 4.78 is 7.06. The Balaban J connectivity index is 1.64. The monoisotopic (exact) mass is 335 g/mol. The molecule has 1 aromatic heterocycles. The number of aromatic nitrogens is 2. The van der Waals surface area contributed by atoms with Crippen LogP contribution in [0.5, 0.6) is 5.75 Å². The van der Waals surface area contributed by atoms with E-state index in [9.17, 15) is 4.79 Å². The van der Waals surface area contributed by atoms with Crippen LogP contribution in [0.15, 0.2) is 67.0 Å². The summed E-state index contributed by atoms with van der Waals surface area (Å²) in [4.78, 5) is 14.2. The van der Waals surface area contributed by atoms with Crippen LogP contribution in [-0.4, -0.2) is 34.7 Å². The topological polar surface area (TPSA) is 47.4 Å². The maximum Gasteiger partial charge on any atom is 0.254 e. The van der Waals surface area contributed by atoms with Crippen molar-refractivity contribution in [2.75, 3.05) is 14.2 Å². The molecule has 0 aliphatic rings. The predicted molar refractivity (Wildman–Crippen MR) is 96.6 cm³/mol. The second-order valence-corrected chi connectivity index (χ2v) is 5.92. The summed E-state index contributed by atoms with van der Waals surface area (Å²) in [7, 11) is 3.38. The zero-order valence-electron chi connectivity index (χ0n) is 14.4. The second kappa shape index (κ2) is 7.66. The highest BCUT2D eigenvalue weighted by Gasteiger charge is 2.13. The summed E-state index contributed by atoms with van der Waals surface area (Å²) >= 11 is 0. The molecular formula is C20H21N3O2. The molecule has 0 unspecified atom stereocenters. The van der Waals surface area contributed by atoms with Gasteiger partial charge in [0.2, 0.25) is 0 Å². The maximum atomic E-state index is 12.6. The molecule has 2 aromatic carbocycles. The molecule has 0 saturated heterocycles. The molecule has 0 bridgehead atoms. The van der Waals surface area contributed by atoms with Crippen molar-refractivity contribution in [2.45, 2.75) is 13.1 Å². The van der Waals surface area contributed by atoms with Gasteiger partial charge in [-0.2, -0.15) is 5.10 Å². The van der Waals surface area contributed by atoms with Crippen molar-refractivity contribution in [3.05, 3.63) is 83.7 Å². The third-order valence-electron chi connectivity index (χ3n) is 3.96. The number of ether oxygens (including phenoxy) is 1. The average Bonchev–Trinajstić information content (AvgIpc) is 3.08. The van der Waals surface area contributed by atoms with E-state index in [0.29, 0.717) is 24.4 Å². The van der Waals surface area contributed by atoms with Gasteiger partial charge in [0.05, 0.1) is 19.9 Å². The maximum absolute atomic E-state index is 12.6. The lowest BCUT2D eigenvalue weighted by Gasteiger charge is -2.16. The van der Waals surface area contributed by atoms with Crippen LogP contribution in [0.2, 0.25) is 0 Å². The molecule has 1 amide bonds. The van der Waals surface area contributed by atoms with Crippen molar-refractivity contribution < 1.29 is 9.53 Å². The van der Waals surface area contributed by atoms with Crippen LogP contribution in [0.1, 0.15) is 21.5 Å². The standard InChI is InChI=1S/C20H21N3O2/c1-22(20(24)18-9-6-10-19(11-18)25-2)13-17-12-21-23(15-17)14-16-7-4-3-5-8-16/h3-12,15H,13-14H2,1-2H3. The first kappa shape index (κ1) is 16.8. The van der Waals surface area contributed by atoms with E-state index in [1.807, 2.05) is 41.2 Å². The van der Waals surface area contributed by atoms with E-state index in [4.69, 9.17) is 4.74 Å². The van der Waals surface area contributed by atoms with E-state index in [1.165, 1.54) is 5.56 Å². The van der Waals surface area contributed by atoms with Gasteiger partial charge in [0.1, 0.15) is 5.75 Å². The highest BCUT2D eigenvalue weighted by Crippen LogP contribution is 2.15. The largest absolute Gasteiger partial charge is 0.497 e. The molecule has 0 fully saturated rings. The molecule has 3 rings (SSSR count). The van der Waals surface area contributed by atoms with E-state index in [0.717, 1.165) is 5.56 Å². The molecule has 5 heteroatoms. The summed E-state index contributed by atoms with van der Waals surface area (Å²) in [5.41, 5.74) is 2.80. The molecule has 3 aromatic rings. The molecule has 1 heterocycles. The van der Waals surface area contributed by atoms with Crippen molar-refractivity contribution in [1.82, 2.24) is 14.7 Å². The van der Waals surface area contributed by atoms with Gasteiger partial charge in [-0.05, 0) is 23.8 Å². The Labute approximate surface area is 147 Å². The predicted octanol–water partition coefficient (Wildman–Crippen LogP) is 3.21. The minimum absolute atomic E-state index is 0.0466. The van der Waals surface area contributed by atoms with Crippen molar-refractivity contribution in [3.8, 4) is 5.75 Å². The first-order valence-corrected chi connectivity index (χ1v) is 8.10. The van der Waals surface area contributed by atoms with Gasteiger partial charge < -0.3 is 9.64 Å². The summed E-state index contributed by atoms with van der Waals surface area (Å²) in [5, 5.41) is 4.38. The number of amides is 1. The molecule has 0 aliphatic carbocycles. The Kier molecular flexibility index (Phi) is 5.14. The average molecular weight is 335 g/mol. The Morgan fingerprint density at radius 3 is 2.68 bits per heavy atom. The number of methoxy groups -OCH3 is 1. The number of nitrogens with zero attached hydrogens (tertiary/aromatic N) is 3. The molecule has 0 aliphatic heterocycles. The molecule has 0 N–H and O–H groups in total. The van der Waals surface area contributed by atoms with Gasteiger partial charge in [0, 0.05) is 30.9 Å². The lowest BCUT2D eigenvalue weighted by atomic mass is 10.2. The van der Waals surface area contributed by atoms with Gasteiger partial charge in [-0.3, -0.25) is 9.48 Å². The molecule has 5 nitrogen and oxygen atoms in total. The number of carbonyl (C=O) groups is 1. The Hall–Kier alpha value is -3.08. The van der Waals surface area contributed by atoms with Gasteiger partial charge in [0.15, 0.2) is 0 Å². The van der Waals surface area contributed by atoms with Crippen LogP contribution in [0.25, 0.3) is 0 Å². The van der Waals surface area contributed by atoms with Gasteiger partial charge in [-0.25, -0.2) is 0 Å². The summed E-state index contributed by atoms with van der Waals surface area (Å²) in [6.45, 7) is 1.22. The smallest absolute Gasteiger partial charge is 0.254 e. The van der Waals surface area contributed by atoms with Gasteiger partial charge >= 0.3 is 0 Å². The van der Waals surface area contributed by atoms with Crippen molar-refractivity contribution in [2.24, 2.45) is 0 Å². The normalized spacial score (nSPS) is 10.5. The lowest BCUT2D eigenvalue weighted by Crippen LogP contribution is -2.26. The molecule has 0 radical (unpaired) electrons. The van der Waals surface area contributed by atoms with Crippen LogP contribution in [0.4, 0.5) is 0 Å². The summed E-state index contributed by atoms with van der Waals surface area (Å²) in [6.07, 6.45) is 3.78. The van der Waals surface area contributed by atoms with E-state index in [1.54, 1.807) is 37.4 Å². The van der Waals surface area contributed by atoms with E-state index >= 15 is 0 Å². The summed E-state index contributed by atoms with van der Waals surface area (Å²) in [5.74, 6) is 0.629. The Morgan fingerprint density at radius 1 is 1.12 bits per heavy atom. The first-order chi connectivity index (χ1) is 12.2. The number of rotatable bonds is 6. The van der Waals surface area contributed by atoms with Crippen LogP contribution >= 0.6 is 0 Å². The lowest BCUT2D eigenvalue weighted by molar-refractivity contribution is 0.0784. The van der Waals surface area contributed by atoms with E-state index in [-0.39, 0.29) is 5.91 Å². The van der Waals surface area contributed by atoms with Gasteiger partial charge in [0.25, 0.3) is 5.91 Å². The molecular weight excluding hydrogens is 314 g/mol. The number of benzene rings is 2. The van der Waals surface area contributed by atoms with E-state index in [2.05, 4.69) is 17.2 Å². The van der Waals surface area contributed by atoms with E-state index < -0.39 is 0 Å². The molecule has 0 atom stereocenters.